The molecular weight excluding hydrogens is 458 g/mol. The fourth-order valence-electron chi connectivity index (χ4n) is 4.29. The monoisotopic (exact) mass is 491 g/mol. The zero-order valence-corrected chi connectivity index (χ0v) is 21.3. The molecule has 2 saturated heterocycles. The summed E-state index contributed by atoms with van der Waals surface area (Å²) in [6.45, 7) is 2.17. The third-order valence-corrected chi connectivity index (χ3v) is 7.77. The molecule has 1 aromatic heterocycles. The van der Waals surface area contributed by atoms with Crippen LogP contribution in [-0.4, -0.2) is 77.7 Å². The van der Waals surface area contributed by atoms with Crippen LogP contribution in [0.4, 0.5) is 23.5 Å². The first-order chi connectivity index (χ1) is 16.0. The van der Waals surface area contributed by atoms with Gasteiger partial charge in [-0.1, -0.05) is 11.6 Å². The average Bonchev–Trinajstić information content (AvgIpc) is 3.08. The first-order valence-corrected chi connectivity index (χ1v) is 13.2. The summed E-state index contributed by atoms with van der Waals surface area (Å²) in [7, 11) is 5.87. The number of ether oxygens (including phenoxy) is 1. The largest absolute Gasteiger partial charge is 0.495 e. The summed E-state index contributed by atoms with van der Waals surface area (Å²) in [5.74, 6) is 4.84. The Bertz CT molecular complexity index is 918. The minimum atomic E-state index is 0.382. The number of thioether (sulfide) groups is 1. The van der Waals surface area contributed by atoms with Crippen LogP contribution in [-0.2, 0) is 0 Å². The topological polar surface area (TPSA) is 78.4 Å². The van der Waals surface area contributed by atoms with Crippen molar-refractivity contribution in [3.8, 4) is 5.75 Å². The van der Waals surface area contributed by atoms with Gasteiger partial charge in [-0.25, -0.2) is 0 Å². The third-order valence-electron chi connectivity index (χ3n) is 6.37. The minimum Gasteiger partial charge on any atom is -0.495 e. The van der Waals surface area contributed by atoms with Crippen molar-refractivity contribution in [3.05, 3.63) is 23.2 Å². The molecule has 0 spiro atoms. The van der Waals surface area contributed by atoms with Gasteiger partial charge >= 0.3 is 0 Å². The molecule has 33 heavy (non-hydrogen) atoms. The Labute approximate surface area is 205 Å². The highest BCUT2D eigenvalue weighted by Crippen LogP contribution is 2.29. The zero-order valence-electron chi connectivity index (χ0n) is 19.7. The van der Waals surface area contributed by atoms with E-state index in [1.54, 1.807) is 7.11 Å². The molecule has 1 unspecified atom stereocenters. The van der Waals surface area contributed by atoms with Gasteiger partial charge in [0, 0.05) is 24.8 Å². The highest BCUT2D eigenvalue weighted by molar-refractivity contribution is 7.99. The SMILES string of the molecule is COc1ccc(Nc2nc(NC3CCCSCC3)nc(N(C)C3CCN(C)CC3)n2)cc1Cl. The predicted octanol–water partition coefficient (Wildman–Crippen LogP) is 4.51. The summed E-state index contributed by atoms with van der Waals surface area (Å²) in [6, 6.07) is 6.35. The van der Waals surface area contributed by atoms with Gasteiger partial charge in [0.2, 0.25) is 17.8 Å². The van der Waals surface area contributed by atoms with E-state index in [9.17, 15) is 0 Å². The van der Waals surface area contributed by atoms with Crippen LogP contribution in [0.1, 0.15) is 32.1 Å². The van der Waals surface area contributed by atoms with Gasteiger partial charge in [0.25, 0.3) is 0 Å². The lowest BCUT2D eigenvalue weighted by atomic mass is 10.0. The number of hydrogen-bond donors (Lipinski definition) is 2. The Balaban J connectivity index is 1.58. The Hall–Kier alpha value is -1.97. The molecule has 180 valence electrons. The summed E-state index contributed by atoms with van der Waals surface area (Å²) >= 11 is 8.35. The fourth-order valence-corrected chi connectivity index (χ4v) is 5.58. The van der Waals surface area contributed by atoms with E-state index in [0.717, 1.165) is 44.5 Å². The molecule has 8 nitrogen and oxygen atoms in total. The number of benzene rings is 1. The zero-order chi connectivity index (χ0) is 23.2. The van der Waals surface area contributed by atoms with Crippen molar-refractivity contribution in [2.45, 2.75) is 44.2 Å². The van der Waals surface area contributed by atoms with Crippen molar-refractivity contribution in [2.24, 2.45) is 0 Å². The van der Waals surface area contributed by atoms with Gasteiger partial charge < -0.3 is 25.2 Å². The molecule has 0 radical (unpaired) electrons. The summed E-state index contributed by atoms with van der Waals surface area (Å²) in [5.41, 5.74) is 0.803. The standard InChI is InChI=1S/C23H34ClN7OS/c1-30-11-8-18(9-12-30)31(2)23-28-21(25-16-5-4-13-33-14-10-16)27-22(29-23)26-17-6-7-20(32-3)19(24)15-17/h6-7,15-16,18H,4-5,8-14H2,1-3H3,(H2,25,26,27,28,29). The molecule has 2 fully saturated rings. The van der Waals surface area contributed by atoms with Crippen LogP contribution in [0.5, 0.6) is 5.75 Å². The second kappa shape index (κ2) is 11.4. The van der Waals surface area contributed by atoms with Crippen molar-refractivity contribution in [2.75, 3.05) is 61.3 Å². The number of piperidine rings is 1. The van der Waals surface area contributed by atoms with E-state index in [-0.39, 0.29) is 0 Å². The molecule has 2 aliphatic heterocycles. The molecule has 1 atom stereocenters. The molecule has 0 bridgehead atoms. The van der Waals surface area contributed by atoms with Gasteiger partial charge in [-0.2, -0.15) is 26.7 Å². The van der Waals surface area contributed by atoms with E-state index in [1.165, 1.54) is 17.9 Å². The van der Waals surface area contributed by atoms with Crippen LogP contribution in [0.25, 0.3) is 0 Å². The summed E-state index contributed by atoms with van der Waals surface area (Å²) < 4.78 is 5.27. The first kappa shape index (κ1) is 24.2. The molecule has 0 aliphatic carbocycles. The molecule has 3 heterocycles. The third kappa shape index (κ3) is 6.55. The average molecular weight is 492 g/mol. The van der Waals surface area contributed by atoms with Crippen LogP contribution >= 0.6 is 23.4 Å². The Kier molecular flexibility index (Phi) is 8.38. The highest BCUT2D eigenvalue weighted by Gasteiger charge is 2.24. The molecule has 10 heteroatoms. The van der Waals surface area contributed by atoms with Crippen LogP contribution in [0.15, 0.2) is 18.2 Å². The maximum atomic E-state index is 6.32. The van der Waals surface area contributed by atoms with E-state index < -0.39 is 0 Å². The van der Waals surface area contributed by atoms with Crippen LogP contribution in [0.3, 0.4) is 0 Å². The molecule has 1 aromatic carbocycles. The normalized spacial score (nSPS) is 20.2. The summed E-state index contributed by atoms with van der Waals surface area (Å²) in [4.78, 5) is 18.9. The predicted molar refractivity (Wildman–Crippen MR) is 139 cm³/mol. The number of nitrogens with one attached hydrogen (secondary N) is 2. The number of hydrogen-bond acceptors (Lipinski definition) is 9. The van der Waals surface area contributed by atoms with E-state index in [4.69, 9.17) is 31.3 Å². The number of methoxy groups -OCH3 is 1. The smallest absolute Gasteiger partial charge is 0.233 e. The quantitative estimate of drug-likeness (QED) is 0.581. The van der Waals surface area contributed by atoms with Gasteiger partial charge in [0.15, 0.2) is 0 Å². The van der Waals surface area contributed by atoms with E-state index in [0.29, 0.717) is 40.7 Å². The van der Waals surface area contributed by atoms with Crippen molar-refractivity contribution >= 4 is 46.9 Å². The fraction of sp³-hybridized carbons (Fsp3) is 0.609. The number of likely N-dealkylation sites (tertiary alicyclic amines) is 1. The molecule has 2 aliphatic rings. The summed E-state index contributed by atoms with van der Waals surface area (Å²) in [6.07, 6.45) is 5.66. The lowest BCUT2D eigenvalue weighted by Crippen LogP contribution is -2.42. The number of aromatic nitrogens is 3. The lowest BCUT2D eigenvalue weighted by Gasteiger charge is -2.35. The van der Waals surface area contributed by atoms with Gasteiger partial charge in [0.1, 0.15) is 5.75 Å². The van der Waals surface area contributed by atoms with E-state index >= 15 is 0 Å². The van der Waals surface area contributed by atoms with Crippen molar-refractivity contribution < 1.29 is 4.74 Å². The number of anilines is 4. The maximum Gasteiger partial charge on any atom is 0.233 e. The van der Waals surface area contributed by atoms with Gasteiger partial charge in [0.05, 0.1) is 12.1 Å². The van der Waals surface area contributed by atoms with Crippen molar-refractivity contribution in [3.63, 3.8) is 0 Å². The van der Waals surface area contributed by atoms with Crippen LogP contribution in [0, 0.1) is 0 Å². The van der Waals surface area contributed by atoms with Crippen LogP contribution < -0.4 is 20.3 Å². The van der Waals surface area contributed by atoms with Gasteiger partial charge in [-0.15, -0.1) is 0 Å². The number of rotatable bonds is 7. The van der Waals surface area contributed by atoms with Crippen molar-refractivity contribution in [1.29, 1.82) is 0 Å². The first-order valence-electron chi connectivity index (χ1n) is 11.6. The molecule has 0 amide bonds. The second-order valence-electron chi connectivity index (χ2n) is 8.79. The molecule has 2 N–H and O–H groups in total. The summed E-state index contributed by atoms with van der Waals surface area (Å²) in [5, 5.41) is 7.43. The molecule has 0 saturated carbocycles. The Morgan fingerprint density at radius 2 is 1.88 bits per heavy atom. The highest BCUT2D eigenvalue weighted by atomic mass is 35.5. The van der Waals surface area contributed by atoms with E-state index in [1.807, 2.05) is 30.0 Å². The molecule has 2 aromatic rings. The molecular formula is C23H34ClN7OS. The lowest BCUT2D eigenvalue weighted by molar-refractivity contribution is 0.252. The Morgan fingerprint density at radius 3 is 2.64 bits per heavy atom. The minimum absolute atomic E-state index is 0.382. The van der Waals surface area contributed by atoms with Crippen LogP contribution in [0.2, 0.25) is 5.02 Å². The Morgan fingerprint density at radius 1 is 1.09 bits per heavy atom. The second-order valence-corrected chi connectivity index (χ2v) is 10.4. The number of halogens is 1. The maximum absolute atomic E-state index is 6.32. The van der Waals surface area contributed by atoms with Gasteiger partial charge in [-0.05, 0) is 81.9 Å². The molecule has 4 rings (SSSR count). The van der Waals surface area contributed by atoms with Crippen molar-refractivity contribution in [1.82, 2.24) is 19.9 Å². The number of nitrogens with zero attached hydrogens (tertiary/aromatic N) is 5. The van der Waals surface area contributed by atoms with Gasteiger partial charge in [-0.3, -0.25) is 0 Å². The van der Waals surface area contributed by atoms with E-state index in [2.05, 4.69) is 34.5 Å².